The van der Waals surface area contributed by atoms with Crippen molar-refractivity contribution in [1.29, 1.82) is 5.26 Å². The van der Waals surface area contributed by atoms with Crippen molar-refractivity contribution in [2.75, 3.05) is 69.9 Å². The fourth-order valence-corrected chi connectivity index (χ4v) is 11.3. The number of amides is 3. The first kappa shape index (κ1) is 65.8. The predicted octanol–water partition coefficient (Wildman–Crippen LogP) is 12.4. The van der Waals surface area contributed by atoms with Gasteiger partial charge in [-0.05, 0) is 114 Å². The second-order valence-electron chi connectivity index (χ2n) is 20.5. The van der Waals surface area contributed by atoms with E-state index in [0.29, 0.717) is 6.07 Å². The fraction of sp³-hybridized carbons (Fsp3) is 0.322. The fourth-order valence-electron chi connectivity index (χ4n) is 9.49. The molecule has 3 amide bonds. The Bertz CT molecular complexity index is 3560. The molecule has 26 heteroatoms. The van der Waals surface area contributed by atoms with Crippen LogP contribution in [0.3, 0.4) is 0 Å². The summed E-state index contributed by atoms with van der Waals surface area (Å²) in [4.78, 5) is 39.8. The molecule has 0 radical (unpaired) electrons. The highest BCUT2D eigenvalue weighted by atomic mass is 35.5. The molecule has 0 bridgehead atoms. The van der Waals surface area contributed by atoms with Gasteiger partial charge < -0.3 is 45.0 Å². The van der Waals surface area contributed by atoms with Crippen LogP contribution in [0.5, 0.6) is 17.2 Å². The number of hydrogen-bond acceptors (Lipinski definition) is 12. The van der Waals surface area contributed by atoms with Gasteiger partial charge in [0.15, 0.2) is 5.75 Å². The van der Waals surface area contributed by atoms with E-state index in [9.17, 15) is 41.2 Å². The van der Waals surface area contributed by atoms with Crippen LogP contribution < -0.4 is 35.5 Å². The standard InChI is InChI=1S/C59H57Cl4F5N6O10S/c1-57(2,3)32-50-58(33-69,41-16-11-36(60)29-45(41)64)51(40-6-5-7-44(63)52(40)65)53(73-50)56(77)72-46-18-10-35(28-49(46)80-4)55(76)71-21-23-82-25-27-83-26-24-81-22-20-70-54(75)34-8-13-38(14-9-34)84-48-19-12-37(61)30-47(48)74-85(78,79)39-15-17-43(62)42(31-39)59(66,67)68/h5-19,28-31,50-51,53,73-74H,20-27,32H2,1-4H3,(H,70,75)(H,71,76)(H,72,77)/t50-,51-,53+,58-/m0/s1. The molecule has 6 aromatic carbocycles. The van der Waals surface area contributed by atoms with Crippen LogP contribution in [0.2, 0.25) is 20.1 Å². The van der Waals surface area contributed by atoms with Gasteiger partial charge in [-0.1, -0.05) is 85.4 Å². The Morgan fingerprint density at radius 2 is 1.32 bits per heavy atom. The van der Waals surface area contributed by atoms with E-state index in [4.69, 9.17) is 70.1 Å². The van der Waals surface area contributed by atoms with Crippen LogP contribution in [-0.4, -0.2) is 98.1 Å². The van der Waals surface area contributed by atoms with Gasteiger partial charge in [0.05, 0.1) is 90.7 Å². The third-order valence-corrected chi connectivity index (χ3v) is 15.8. The summed E-state index contributed by atoms with van der Waals surface area (Å²) < 4.78 is 129. The number of nitrogens with zero attached hydrogens (tertiary/aromatic N) is 1. The molecule has 452 valence electrons. The molecule has 1 aliphatic rings. The number of nitriles is 1. The first-order valence-corrected chi connectivity index (χ1v) is 29.1. The molecule has 16 nitrogen and oxygen atoms in total. The molecule has 1 aliphatic heterocycles. The number of ether oxygens (including phenoxy) is 5. The third-order valence-electron chi connectivity index (χ3n) is 13.3. The molecule has 0 saturated carbocycles. The lowest BCUT2D eigenvalue weighted by Crippen LogP contribution is -2.45. The molecular formula is C59H57Cl4F5N6O10S. The number of benzene rings is 6. The zero-order valence-electron chi connectivity index (χ0n) is 45.9. The molecule has 1 saturated heterocycles. The summed E-state index contributed by atoms with van der Waals surface area (Å²) in [6, 6.07) is 24.6. The molecular weight excluding hydrogens is 1220 g/mol. The van der Waals surface area contributed by atoms with Crippen LogP contribution in [-0.2, 0) is 40.6 Å². The van der Waals surface area contributed by atoms with Crippen molar-refractivity contribution in [2.24, 2.45) is 5.41 Å². The van der Waals surface area contributed by atoms with Crippen LogP contribution in [0, 0.1) is 28.4 Å². The molecule has 6 aromatic rings. The second-order valence-corrected chi connectivity index (χ2v) is 23.8. The van der Waals surface area contributed by atoms with E-state index in [0.717, 1.165) is 18.2 Å². The van der Waals surface area contributed by atoms with Gasteiger partial charge >= 0.3 is 6.18 Å². The van der Waals surface area contributed by atoms with Crippen molar-refractivity contribution in [3.8, 4) is 23.3 Å². The number of nitrogens with one attached hydrogen (secondary N) is 5. The van der Waals surface area contributed by atoms with Crippen LogP contribution in [0.4, 0.5) is 33.3 Å². The van der Waals surface area contributed by atoms with Crippen LogP contribution in [0.1, 0.15) is 70.5 Å². The maximum absolute atomic E-state index is 16.2. The topological polar surface area (TPSA) is 215 Å². The summed E-state index contributed by atoms with van der Waals surface area (Å²) >= 11 is 24.2. The van der Waals surface area contributed by atoms with Gasteiger partial charge in [0, 0.05) is 51.8 Å². The Balaban J connectivity index is 0.816. The normalized spacial score (nSPS) is 17.0. The molecule has 85 heavy (non-hydrogen) atoms. The monoisotopic (exact) mass is 1280 g/mol. The molecule has 4 atom stereocenters. The average molecular weight is 1280 g/mol. The molecule has 5 N–H and O–H groups in total. The number of carbonyl (C=O) groups excluding carboxylic acids is 3. The number of methoxy groups -OCH3 is 1. The summed E-state index contributed by atoms with van der Waals surface area (Å²) in [6.45, 7) is 7.27. The molecule has 7 rings (SSSR count). The van der Waals surface area contributed by atoms with Crippen molar-refractivity contribution in [2.45, 2.75) is 61.7 Å². The van der Waals surface area contributed by atoms with E-state index in [-0.39, 0.29) is 125 Å². The summed E-state index contributed by atoms with van der Waals surface area (Å²) in [7, 11) is -3.23. The maximum Gasteiger partial charge on any atom is 0.417 e. The molecule has 0 aliphatic carbocycles. The first-order valence-electron chi connectivity index (χ1n) is 26.1. The lowest BCUT2D eigenvalue weighted by Gasteiger charge is -2.37. The van der Waals surface area contributed by atoms with Gasteiger partial charge in [-0.3, -0.25) is 19.1 Å². The van der Waals surface area contributed by atoms with Crippen LogP contribution in [0.25, 0.3) is 0 Å². The van der Waals surface area contributed by atoms with Gasteiger partial charge in [0.1, 0.15) is 28.5 Å². The van der Waals surface area contributed by atoms with E-state index in [1.807, 2.05) is 20.8 Å². The second kappa shape index (κ2) is 28.6. The van der Waals surface area contributed by atoms with E-state index >= 15 is 8.78 Å². The van der Waals surface area contributed by atoms with E-state index in [1.54, 1.807) is 0 Å². The van der Waals surface area contributed by atoms with Crippen molar-refractivity contribution in [3.05, 3.63) is 175 Å². The Kier molecular flexibility index (Phi) is 22.1. The van der Waals surface area contributed by atoms with E-state index in [2.05, 4.69) is 32.1 Å². The summed E-state index contributed by atoms with van der Waals surface area (Å²) in [5.41, 5.74) is -3.33. The minimum Gasteiger partial charge on any atom is -0.495 e. The lowest BCUT2D eigenvalue weighted by molar-refractivity contribution is -0.137. The quantitative estimate of drug-likeness (QED) is 0.0267. The number of hydrogen-bond donors (Lipinski definition) is 5. The third kappa shape index (κ3) is 16.6. The number of anilines is 2. The van der Waals surface area contributed by atoms with Gasteiger partial charge in [-0.2, -0.15) is 18.4 Å². The first-order chi connectivity index (χ1) is 40.3. The zero-order valence-corrected chi connectivity index (χ0v) is 49.7. The summed E-state index contributed by atoms with van der Waals surface area (Å²) in [5, 5.41) is 22.0. The minimum atomic E-state index is -4.90. The molecule has 0 aromatic heterocycles. The smallest absolute Gasteiger partial charge is 0.417 e. The van der Waals surface area contributed by atoms with E-state index < -0.39 is 89.9 Å². The molecule has 1 fully saturated rings. The highest BCUT2D eigenvalue weighted by Crippen LogP contribution is 2.53. The lowest BCUT2D eigenvalue weighted by atomic mass is 9.62. The van der Waals surface area contributed by atoms with E-state index in [1.165, 1.54) is 98.1 Å². The number of rotatable bonds is 25. The number of halogens is 9. The van der Waals surface area contributed by atoms with Gasteiger partial charge in [-0.15, -0.1) is 0 Å². The van der Waals surface area contributed by atoms with Crippen molar-refractivity contribution >= 4 is 85.5 Å². The number of carbonyl (C=O) groups is 3. The number of sulfonamides is 1. The predicted molar refractivity (Wildman–Crippen MR) is 312 cm³/mol. The van der Waals surface area contributed by atoms with Gasteiger partial charge in [0.25, 0.3) is 21.8 Å². The largest absolute Gasteiger partial charge is 0.495 e. The highest BCUT2D eigenvalue weighted by Gasteiger charge is 2.61. The molecule has 0 unspecified atom stereocenters. The minimum absolute atomic E-state index is 0.0394. The Morgan fingerprint density at radius 1 is 0.706 bits per heavy atom. The molecule has 1 heterocycles. The van der Waals surface area contributed by atoms with Gasteiger partial charge in [-0.25, -0.2) is 17.2 Å². The number of alkyl halides is 3. The SMILES string of the molecule is COc1cc(C(=O)NCCOCCOCCOCCNC(=O)c2ccc(Oc3ccc(Cl)cc3NS(=O)(=O)c3ccc(Cl)c(C(F)(F)F)c3)cc2)ccc1NC(=O)[C@@H]1N[C@@H](CC(C)(C)C)[C@](C#N)(c2ccc(Cl)cc2F)[C@H]1c1cccc(Cl)c1F. The van der Waals surface area contributed by atoms with Crippen molar-refractivity contribution in [1.82, 2.24) is 16.0 Å². The van der Waals surface area contributed by atoms with Gasteiger partial charge in [0.2, 0.25) is 5.91 Å². The average Bonchev–Trinajstić information content (AvgIpc) is 1.72. The summed E-state index contributed by atoms with van der Waals surface area (Å²) in [6.07, 6.45) is -4.64. The van der Waals surface area contributed by atoms with Crippen LogP contribution >= 0.6 is 46.4 Å². The highest BCUT2D eigenvalue weighted by molar-refractivity contribution is 7.92. The Hall–Kier alpha value is -6.78. The van der Waals surface area contributed by atoms with Crippen molar-refractivity contribution < 1.29 is 68.4 Å². The maximum atomic E-state index is 16.2. The van der Waals surface area contributed by atoms with Crippen LogP contribution in [0.15, 0.2) is 120 Å². The molecule has 0 spiro atoms. The zero-order chi connectivity index (χ0) is 61.9. The Morgan fingerprint density at radius 3 is 1.93 bits per heavy atom. The van der Waals surface area contributed by atoms with Crippen molar-refractivity contribution in [3.63, 3.8) is 0 Å². The Labute approximate surface area is 507 Å². The summed E-state index contributed by atoms with van der Waals surface area (Å²) in [5.74, 6) is -4.30.